The van der Waals surface area contributed by atoms with Gasteiger partial charge >= 0.3 is 0 Å². The molecule has 1 N–H and O–H groups in total. The fourth-order valence-corrected chi connectivity index (χ4v) is 4.60. The van der Waals surface area contributed by atoms with Crippen LogP contribution in [0.15, 0.2) is 102 Å². The molecular formula is C32H31Cl2F2N3O. The molecule has 0 fully saturated rings. The molecule has 0 amide bonds. The number of hydrogen-bond donors (Lipinski definition) is 1. The van der Waals surface area contributed by atoms with Crippen molar-refractivity contribution in [3.05, 3.63) is 151 Å². The van der Waals surface area contributed by atoms with E-state index in [1.807, 2.05) is 61.5 Å². The Morgan fingerprint density at radius 3 is 1.95 bits per heavy atom. The van der Waals surface area contributed by atoms with E-state index in [0.717, 1.165) is 16.7 Å². The predicted octanol–water partition coefficient (Wildman–Crippen LogP) is 9.82. The van der Waals surface area contributed by atoms with Crippen molar-refractivity contribution in [1.29, 1.82) is 0 Å². The fourth-order valence-electron chi connectivity index (χ4n) is 4.35. The minimum absolute atomic E-state index is 0.0854. The van der Waals surface area contributed by atoms with Crippen molar-refractivity contribution in [3.63, 3.8) is 0 Å². The fraction of sp³-hybridized carbons (Fsp3) is 0.250. The molecule has 0 bridgehead atoms. The van der Waals surface area contributed by atoms with Gasteiger partial charge in [-0.2, -0.15) is 0 Å². The van der Waals surface area contributed by atoms with Crippen molar-refractivity contribution >= 4 is 23.2 Å². The van der Waals surface area contributed by atoms with Gasteiger partial charge in [0.15, 0.2) is 0 Å². The second-order valence-electron chi connectivity index (χ2n) is 9.85. The van der Waals surface area contributed by atoms with E-state index < -0.39 is 5.60 Å². The average molecular weight is 583 g/mol. The maximum absolute atomic E-state index is 13.4. The maximum Gasteiger partial charge on any atom is 0.123 e. The molecule has 3 unspecified atom stereocenters. The van der Waals surface area contributed by atoms with Crippen LogP contribution in [0, 0.1) is 11.6 Å². The molecule has 0 saturated carbocycles. The van der Waals surface area contributed by atoms with Gasteiger partial charge in [0, 0.05) is 21.0 Å². The first-order valence-corrected chi connectivity index (χ1v) is 13.6. The summed E-state index contributed by atoms with van der Waals surface area (Å²) in [6.45, 7) is 3.54. The molecule has 0 saturated heterocycles. The topological polar surface area (TPSA) is 69.0 Å². The van der Waals surface area contributed by atoms with Gasteiger partial charge in [-0.15, -0.1) is 0 Å². The summed E-state index contributed by atoms with van der Waals surface area (Å²) in [6.07, 6.45) is 1.89. The van der Waals surface area contributed by atoms with Crippen molar-refractivity contribution < 1.29 is 13.9 Å². The van der Waals surface area contributed by atoms with Gasteiger partial charge < -0.3 is 5.11 Å². The number of aryl methyl sites for hydroxylation is 1. The summed E-state index contributed by atoms with van der Waals surface area (Å²) in [5.41, 5.74) is 11.2. The molecule has 0 aliphatic rings. The monoisotopic (exact) mass is 581 g/mol. The van der Waals surface area contributed by atoms with Crippen LogP contribution in [0.5, 0.6) is 0 Å². The van der Waals surface area contributed by atoms with Crippen molar-refractivity contribution in [2.24, 2.45) is 5.11 Å². The van der Waals surface area contributed by atoms with Gasteiger partial charge in [0.1, 0.15) is 11.6 Å². The van der Waals surface area contributed by atoms with Crippen LogP contribution < -0.4 is 0 Å². The quantitative estimate of drug-likeness (QED) is 0.119. The molecule has 0 heterocycles. The van der Waals surface area contributed by atoms with Crippen LogP contribution in [-0.4, -0.2) is 11.1 Å². The van der Waals surface area contributed by atoms with E-state index in [2.05, 4.69) is 10.0 Å². The summed E-state index contributed by atoms with van der Waals surface area (Å²) in [6, 6.07) is 27.3. The normalized spacial score (nSPS) is 13.7. The van der Waals surface area contributed by atoms with Gasteiger partial charge in [-0.3, -0.25) is 0 Å². The molecule has 4 nitrogen and oxygen atoms in total. The van der Waals surface area contributed by atoms with E-state index in [1.165, 1.54) is 24.3 Å². The summed E-state index contributed by atoms with van der Waals surface area (Å²) in [5, 5.41) is 15.6. The zero-order valence-electron chi connectivity index (χ0n) is 22.3. The molecule has 0 radical (unpaired) electrons. The van der Waals surface area contributed by atoms with E-state index in [-0.39, 0.29) is 23.6 Å². The van der Waals surface area contributed by atoms with Gasteiger partial charge in [-0.05, 0) is 108 Å². The highest BCUT2D eigenvalue weighted by molar-refractivity contribution is 6.30. The van der Waals surface area contributed by atoms with Crippen LogP contribution in [0.1, 0.15) is 48.4 Å². The second kappa shape index (κ2) is 14.8. The van der Waals surface area contributed by atoms with Gasteiger partial charge in [-0.25, -0.2) is 8.78 Å². The van der Waals surface area contributed by atoms with Crippen molar-refractivity contribution in [1.82, 2.24) is 0 Å². The first-order valence-electron chi connectivity index (χ1n) is 12.8. The molecule has 40 heavy (non-hydrogen) atoms. The second-order valence-corrected chi connectivity index (χ2v) is 10.7. The highest BCUT2D eigenvalue weighted by atomic mass is 35.5. The molecule has 0 aliphatic heterocycles. The summed E-state index contributed by atoms with van der Waals surface area (Å²) in [5.74, 6) is -0.705. The molecule has 4 aromatic carbocycles. The summed E-state index contributed by atoms with van der Waals surface area (Å²) >= 11 is 11.7. The molecule has 4 aromatic rings. The highest BCUT2D eigenvalue weighted by Gasteiger charge is 2.23. The summed E-state index contributed by atoms with van der Waals surface area (Å²) < 4.78 is 26.6. The molecule has 0 spiro atoms. The van der Waals surface area contributed by atoms with Crippen molar-refractivity contribution in [2.75, 3.05) is 0 Å². The highest BCUT2D eigenvalue weighted by Crippen LogP contribution is 2.28. The number of azide groups is 1. The Labute approximate surface area is 243 Å². The van der Waals surface area contributed by atoms with Crippen LogP contribution >= 0.6 is 23.2 Å². The van der Waals surface area contributed by atoms with Gasteiger partial charge in [0.05, 0.1) is 5.60 Å². The zero-order valence-corrected chi connectivity index (χ0v) is 23.8. The van der Waals surface area contributed by atoms with Crippen LogP contribution in [0.2, 0.25) is 10.0 Å². The summed E-state index contributed by atoms with van der Waals surface area (Å²) in [7, 11) is 0. The van der Waals surface area contributed by atoms with Gasteiger partial charge in [0.25, 0.3) is 0 Å². The lowest BCUT2D eigenvalue weighted by atomic mass is 9.87. The number of rotatable bonds is 9. The van der Waals surface area contributed by atoms with Crippen molar-refractivity contribution in [3.8, 4) is 0 Å². The molecular weight excluding hydrogens is 551 g/mol. The molecule has 0 aromatic heterocycles. The average Bonchev–Trinajstić information content (AvgIpc) is 2.93. The standard InChI is InChI=1S/C16H15ClFN3.C16H16ClFO/c1-11(20-21-19)16(13-3-2-4-15(18)10-13)9-12-5-7-14(17)8-6-12;1-16(19,13-3-2-4-15(18)11-13)10-9-12-5-7-14(17)8-6-12/h2-8,10-11,16H,9H2,1H3;2-8,11,19H,9-10H2,1H3. The first kappa shape index (κ1) is 31.1. The third-order valence-electron chi connectivity index (χ3n) is 6.72. The zero-order chi connectivity index (χ0) is 29.1. The van der Waals surface area contributed by atoms with E-state index in [4.69, 9.17) is 28.7 Å². The lowest BCUT2D eigenvalue weighted by Crippen LogP contribution is -2.22. The van der Waals surface area contributed by atoms with Gasteiger partial charge in [-0.1, -0.05) is 83.8 Å². The number of nitrogens with zero attached hydrogens (tertiary/aromatic N) is 3. The smallest absolute Gasteiger partial charge is 0.123 e. The summed E-state index contributed by atoms with van der Waals surface area (Å²) in [4.78, 5) is 2.87. The molecule has 8 heteroatoms. The molecule has 3 atom stereocenters. The minimum Gasteiger partial charge on any atom is -0.385 e. The van der Waals surface area contributed by atoms with Crippen LogP contribution in [0.25, 0.3) is 10.4 Å². The maximum atomic E-state index is 13.4. The molecule has 0 aliphatic carbocycles. The van der Waals surface area contributed by atoms with E-state index in [1.54, 1.807) is 25.1 Å². The number of hydrogen-bond acceptors (Lipinski definition) is 2. The Hall–Kier alpha value is -3.41. The Bertz CT molecular complexity index is 1420. The van der Waals surface area contributed by atoms with Gasteiger partial charge in [0.2, 0.25) is 0 Å². The van der Waals surface area contributed by atoms with Crippen LogP contribution in [0.4, 0.5) is 8.78 Å². The van der Waals surface area contributed by atoms with Crippen LogP contribution in [-0.2, 0) is 18.4 Å². The Morgan fingerprint density at radius 2 is 1.40 bits per heavy atom. The largest absolute Gasteiger partial charge is 0.385 e. The molecule has 4 rings (SSSR count). The lowest BCUT2D eigenvalue weighted by Gasteiger charge is -2.24. The van der Waals surface area contributed by atoms with E-state index in [9.17, 15) is 13.9 Å². The number of aliphatic hydroxyl groups is 1. The Morgan fingerprint density at radius 1 is 0.850 bits per heavy atom. The molecule has 208 valence electrons. The van der Waals surface area contributed by atoms with E-state index >= 15 is 0 Å². The minimum atomic E-state index is -1.04. The van der Waals surface area contributed by atoms with Crippen molar-refractivity contribution in [2.45, 2.75) is 50.7 Å². The number of halogens is 4. The number of benzene rings is 4. The Balaban J connectivity index is 0.000000222. The van der Waals surface area contributed by atoms with Crippen LogP contribution in [0.3, 0.4) is 0 Å². The van der Waals surface area contributed by atoms with E-state index in [0.29, 0.717) is 34.9 Å². The Kier molecular flexibility index (Phi) is 11.5. The lowest BCUT2D eigenvalue weighted by molar-refractivity contribution is 0.0477. The first-order chi connectivity index (χ1) is 19.1. The third-order valence-corrected chi connectivity index (χ3v) is 7.23. The third kappa shape index (κ3) is 9.65. The SMILES string of the molecule is CC(N=[N+]=[N-])C(Cc1ccc(Cl)cc1)c1cccc(F)c1.CC(O)(CCc1ccc(Cl)cc1)c1cccc(F)c1. The predicted molar refractivity (Wildman–Crippen MR) is 159 cm³/mol.